The third kappa shape index (κ3) is 3.86. The summed E-state index contributed by atoms with van der Waals surface area (Å²) in [4.78, 5) is 4.38. The molecule has 0 unspecified atom stereocenters. The second-order valence-corrected chi connectivity index (χ2v) is 6.05. The van der Waals surface area contributed by atoms with Crippen LogP contribution in [0.4, 0.5) is 5.95 Å². The van der Waals surface area contributed by atoms with E-state index in [1.165, 1.54) is 11.1 Å². The molecule has 0 atom stereocenters. The summed E-state index contributed by atoms with van der Waals surface area (Å²) < 4.78 is 2.16. The number of benzene rings is 1. The third-order valence-electron chi connectivity index (χ3n) is 3.38. The minimum atomic E-state index is 0.584. The van der Waals surface area contributed by atoms with Gasteiger partial charge in [0.25, 0.3) is 0 Å². The zero-order valence-electron chi connectivity index (χ0n) is 12.9. The van der Waals surface area contributed by atoms with Gasteiger partial charge in [-0.2, -0.15) is 0 Å². The number of rotatable bonds is 6. The molecule has 1 heterocycles. The fourth-order valence-electron chi connectivity index (χ4n) is 2.10. The van der Waals surface area contributed by atoms with Crippen LogP contribution in [0.5, 0.6) is 0 Å². The Balaban J connectivity index is 2.04. The number of hydrogen-bond donors (Lipinski definition) is 1. The highest BCUT2D eigenvalue weighted by atomic mass is 15.2. The van der Waals surface area contributed by atoms with E-state index in [1.54, 1.807) is 0 Å². The number of anilines is 1. The summed E-state index contributed by atoms with van der Waals surface area (Å²) in [6.07, 6.45) is 3.88. The van der Waals surface area contributed by atoms with Crippen molar-refractivity contribution in [3.63, 3.8) is 0 Å². The Labute approximate surface area is 122 Å². The highest BCUT2D eigenvalue weighted by Crippen LogP contribution is 2.16. The Hall–Kier alpha value is -1.77. The molecule has 20 heavy (non-hydrogen) atoms. The van der Waals surface area contributed by atoms with Gasteiger partial charge in [-0.05, 0) is 23.0 Å². The minimum absolute atomic E-state index is 0.584. The Morgan fingerprint density at radius 3 is 2.40 bits per heavy atom. The zero-order chi connectivity index (χ0) is 14.5. The van der Waals surface area contributed by atoms with Crippen molar-refractivity contribution in [2.45, 2.75) is 40.2 Å². The molecular weight excluding hydrogens is 246 g/mol. The van der Waals surface area contributed by atoms with Gasteiger partial charge in [0.15, 0.2) is 0 Å². The van der Waals surface area contributed by atoms with E-state index in [-0.39, 0.29) is 0 Å². The molecule has 0 aliphatic rings. The molecule has 0 spiro atoms. The molecule has 3 heteroatoms. The molecule has 0 amide bonds. The van der Waals surface area contributed by atoms with E-state index in [1.807, 2.05) is 12.4 Å². The monoisotopic (exact) mass is 271 g/mol. The molecule has 1 aromatic carbocycles. The van der Waals surface area contributed by atoms with Crippen molar-refractivity contribution in [3.05, 3.63) is 47.8 Å². The van der Waals surface area contributed by atoms with Crippen LogP contribution in [-0.2, 0) is 6.54 Å². The lowest BCUT2D eigenvalue weighted by molar-refractivity contribution is 0.676. The van der Waals surface area contributed by atoms with Crippen molar-refractivity contribution >= 4 is 5.95 Å². The number of imidazole rings is 1. The summed E-state index contributed by atoms with van der Waals surface area (Å²) in [6.45, 7) is 10.6. The topological polar surface area (TPSA) is 29.9 Å². The van der Waals surface area contributed by atoms with Gasteiger partial charge in [0.05, 0.1) is 6.54 Å². The van der Waals surface area contributed by atoms with Gasteiger partial charge in [0.1, 0.15) is 0 Å². The van der Waals surface area contributed by atoms with Gasteiger partial charge in [0.2, 0.25) is 5.95 Å². The third-order valence-corrected chi connectivity index (χ3v) is 3.38. The van der Waals surface area contributed by atoms with E-state index in [0.717, 1.165) is 19.0 Å². The summed E-state index contributed by atoms with van der Waals surface area (Å²) in [6, 6.07) is 8.86. The Morgan fingerprint density at radius 1 is 1.10 bits per heavy atom. The summed E-state index contributed by atoms with van der Waals surface area (Å²) in [5.41, 5.74) is 2.69. The first-order valence-corrected chi connectivity index (χ1v) is 7.40. The molecule has 3 nitrogen and oxygen atoms in total. The molecule has 0 fully saturated rings. The van der Waals surface area contributed by atoms with Gasteiger partial charge in [-0.15, -0.1) is 0 Å². The predicted octanol–water partition coefficient (Wildman–Crippen LogP) is 4.12. The molecule has 1 aromatic heterocycles. The molecule has 2 aromatic rings. The van der Waals surface area contributed by atoms with E-state index in [9.17, 15) is 0 Å². The average molecular weight is 271 g/mol. The van der Waals surface area contributed by atoms with E-state index >= 15 is 0 Å². The van der Waals surface area contributed by atoms with E-state index < -0.39 is 0 Å². The number of nitrogens with zero attached hydrogens (tertiary/aromatic N) is 2. The predicted molar refractivity (Wildman–Crippen MR) is 85.2 cm³/mol. The smallest absolute Gasteiger partial charge is 0.203 e. The van der Waals surface area contributed by atoms with E-state index in [4.69, 9.17) is 0 Å². The maximum atomic E-state index is 4.38. The highest BCUT2D eigenvalue weighted by molar-refractivity contribution is 5.29. The lowest BCUT2D eigenvalue weighted by Crippen LogP contribution is -2.13. The normalized spacial score (nSPS) is 11.3. The van der Waals surface area contributed by atoms with Crippen LogP contribution in [0.3, 0.4) is 0 Å². The van der Waals surface area contributed by atoms with Crippen molar-refractivity contribution in [1.29, 1.82) is 0 Å². The Bertz CT molecular complexity index is 523. The van der Waals surface area contributed by atoms with Crippen molar-refractivity contribution in [2.75, 3.05) is 11.9 Å². The fraction of sp³-hybridized carbons (Fsp3) is 0.471. The number of aromatic nitrogens is 2. The number of nitrogens with one attached hydrogen (secondary N) is 1. The van der Waals surface area contributed by atoms with Gasteiger partial charge in [-0.25, -0.2) is 4.98 Å². The molecule has 2 rings (SSSR count). The molecule has 0 saturated carbocycles. The Kier molecular flexibility index (Phi) is 4.83. The van der Waals surface area contributed by atoms with E-state index in [0.29, 0.717) is 11.8 Å². The first-order chi connectivity index (χ1) is 9.56. The van der Waals surface area contributed by atoms with Crippen molar-refractivity contribution < 1.29 is 0 Å². The quantitative estimate of drug-likeness (QED) is 0.856. The molecule has 0 aliphatic heterocycles. The molecule has 1 N–H and O–H groups in total. The van der Waals surface area contributed by atoms with Crippen LogP contribution in [-0.4, -0.2) is 16.1 Å². The van der Waals surface area contributed by atoms with Crippen LogP contribution in [0.2, 0.25) is 0 Å². The standard InChI is InChI=1S/C17H25N3/c1-13(2)11-19-17-18-9-10-20(17)12-15-5-7-16(8-6-15)14(3)4/h5-10,13-14H,11-12H2,1-4H3,(H,18,19). The molecule has 0 saturated heterocycles. The van der Waals surface area contributed by atoms with Gasteiger partial charge < -0.3 is 9.88 Å². The summed E-state index contributed by atoms with van der Waals surface area (Å²) in [5, 5.41) is 3.39. The van der Waals surface area contributed by atoms with Crippen molar-refractivity contribution in [1.82, 2.24) is 9.55 Å². The van der Waals surface area contributed by atoms with Gasteiger partial charge in [-0.3, -0.25) is 0 Å². The fourth-order valence-corrected chi connectivity index (χ4v) is 2.10. The van der Waals surface area contributed by atoms with Crippen LogP contribution in [0.1, 0.15) is 44.7 Å². The summed E-state index contributed by atoms with van der Waals surface area (Å²) in [7, 11) is 0. The van der Waals surface area contributed by atoms with Gasteiger partial charge in [0, 0.05) is 18.9 Å². The largest absolute Gasteiger partial charge is 0.355 e. The maximum absolute atomic E-state index is 4.38. The molecule has 0 bridgehead atoms. The van der Waals surface area contributed by atoms with Crippen LogP contribution >= 0.6 is 0 Å². The van der Waals surface area contributed by atoms with Crippen LogP contribution in [0.25, 0.3) is 0 Å². The lowest BCUT2D eigenvalue weighted by Gasteiger charge is -2.12. The van der Waals surface area contributed by atoms with Crippen LogP contribution in [0, 0.1) is 5.92 Å². The lowest BCUT2D eigenvalue weighted by atomic mass is 10.0. The molecular formula is C17H25N3. The second-order valence-electron chi connectivity index (χ2n) is 6.05. The zero-order valence-corrected chi connectivity index (χ0v) is 12.9. The first kappa shape index (κ1) is 14.6. The van der Waals surface area contributed by atoms with Crippen LogP contribution in [0.15, 0.2) is 36.7 Å². The maximum Gasteiger partial charge on any atom is 0.203 e. The highest BCUT2D eigenvalue weighted by Gasteiger charge is 2.05. The molecule has 0 radical (unpaired) electrons. The Morgan fingerprint density at radius 2 is 1.80 bits per heavy atom. The minimum Gasteiger partial charge on any atom is -0.355 e. The number of hydrogen-bond acceptors (Lipinski definition) is 2. The van der Waals surface area contributed by atoms with Gasteiger partial charge >= 0.3 is 0 Å². The SMILES string of the molecule is CC(C)CNc1nccn1Cc1ccc(C(C)C)cc1. The average Bonchev–Trinajstić information content (AvgIpc) is 2.84. The summed E-state index contributed by atoms with van der Waals surface area (Å²) >= 11 is 0. The van der Waals surface area contributed by atoms with Crippen molar-refractivity contribution in [2.24, 2.45) is 5.92 Å². The molecule has 0 aliphatic carbocycles. The van der Waals surface area contributed by atoms with Gasteiger partial charge in [-0.1, -0.05) is 52.0 Å². The van der Waals surface area contributed by atoms with E-state index in [2.05, 4.69) is 66.8 Å². The second kappa shape index (κ2) is 6.60. The molecule has 108 valence electrons. The van der Waals surface area contributed by atoms with Crippen LogP contribution < -0.4 is 5.32 Å². The van der Waals surface area contributed by atoms with Crippen molar-refractivity contribution in [3.8, 4) is 0 Å². The first-order valence-electron chi connectivity index (χ1n) is 7.40. The summed E-state index contributed by atoms with van der Waals surface area (Å²) in [5.74, 6) is 2.15.